The van der Waals surface area contributed by atoms with Crippen LogP contribution in [0.25, 0.3) is 6.08 Å². The Balaban J connectivity index is 1.28. The number of imide groups is 2. The number of carbonyl (C=O) groups excluding carboxylic acids is 5. The minimum atomic E-state index is -0.858. The zero-order valence-electron chi connectivity index (χ0n) is 17.7. The van der Waals surface area contributed by atoms with Crippen LogP contribution in [0.15, 0.2) is 29.2 Å². The summed E-state index contributed by atoms with van der Waals surface area (Å²) in [5.74, 6) is -1.29. The van der Waals surface area contributed by atoms with Crippen molar-refractivity contribution in [1.82, 2.24) is 20.4 Å². The number of nitrogens with zero attached hydrogens (tertiary/aromatic N) is 2. The summed E-state index contributed by atoms with van der Waals surface area (Å²) in [6.07, 6.45) is 4.57. The maximum atomic E-state index is 12.6. The summed E-state index contributed by atoms with van der Waals surface area (Å²) in [6.45, 7) is 1.61. The molecule has 1 aromatic carbocycles. The van der Waals surface area contributed by atoms with Gasteiger partial charge in [-0.1, -0.05) is 42.7 Å². The molecule has 3 aliphatic rings. The summed E-state index contributed by atoms with van der Waals surface area (Å²) in [6, 6.07) is 7.03. The van der Waals surface area contributed by atoms with E-state index >= 15 is 0 Å². The number of carbonyl (C=O) groups is 5. The van der Waals surface area contributed by atoms with Crippen molar-refractivity contribution >= 4 is 46.8 Å². The van der Waals surface area contributed by atoms with Crippen molar-refractivity contribution in [2.45, 2.75) is 38.1 Å². The van der Waals surface area contributed by atoms with Crippen LogP contribution in [0.3, 0.4) is 0 Å². The average molecular weight is 457 g/mol. The number of thioether (sulfide) groups is 1. The van der Waals surface area contributed by atoms with Gasteiger partial charge in [0.2, 0.25) is 5.91 Å². The van der Waals surface area contributed by atoms with E-state index in [1.807, 2.05) is 31.2 Å². The molecule has 1 saturated carbocycles. The van der Waals surface area contributed by atoms with E-state index < -0.39 is 28.6 Å². The molecule has 168 valence electrons. The topological polar surface area (TPSA) is 116 Å². The maximum Gasteiger partial charge on any atom is 0.325 e. The highest BCUT2D eigenvalue weighted by atomic mass is 32.2. The zero-order chi connectivity index (χ0) is 22.9. The van der Waals surface area contributed by atoms with Gasteiger partial charge in [0.25, 0.3) is 17.1 Å². The third-order valence-electron chi connectivity index (χ3n) is 5.91. The van der Waals surface area contributed by atoms with Crippen LogP contribution in [0.2, 0.25) is 0 Å². The van der Waals surface area contributed by atoms with Crippen LogP contribution in [0.5, 0.6) is 0 Å². The molecule has 1 aromatic rings. The molecule has 2 saturated heterocycles. The second kappa shape index (κ2) is 8.78. The van der Waals surface area contributed by atoms with Gasteiger partial charge in [0.15, 0.2) is 0 Å². The Hall–Kier alpha value is -3.14. The van der Waals surface area contributed by atoms with E-state index in [1.54, 1.807) is 6.08 Å². The SMILES string of the molecule is Cc1ccc(/C=C2\SC(=O)N(CCNC(=O)CN3C(=O)NC4(CCCC4)C3=O)C2=O)cc1. The summed E-state index contributed by atoms with van der Waals surface area (Å²) < 4.78 is 0. The Morgan fingerprint density at radius 1 is 1.12 bits per heavy atom. The third kappa shape index (κ3) is 4.27. The Labute approximate surface area is 189 Å². The van der Waals surface area contributed by atoms with E-state index in [0.717, 1.165) is 45.5 Å². The van der Waals surface area contributed by atoms with Gasteiger partial charge in [-0.25, -0.2) is 4.79 Å². The fourth-order valence-corrected chi connectivity index (χ4v) is 5.02. The van der Waals surface area contributed by atoms with Gasteiger partial charge in [-0.3, -0.25) is 29.0 Å². The highest BCUT2D eigenvalue weighted by molar-refractivity contribution is 8.18. The number of amides is 6. The predicted molar refractivity (Wildman–Crippen MR) is 118 cm³/mol. The average Bonchev–Trinajstić information content (AvgIpc) is 3.39. The Morgan fingerprint density at radius 2 is 1.81 bits per heavy atom. The lowest BCUT2D eigenvalue weighted by molar-refractivity contribution is -0.134. The van der Waals surface area contributed by atoms with Crippen molar-refractivity contribution in [2.75, 3.05) is 19.6 Å². The zero-order valence-corrected chi connectivity index (χ0v) is 18.5. The van der Waals surface area contributed by atoms with Gasteiger partial charge in [0.1, 0.15) is 12.1 Å². The molecule has 1 spiro atoms. The summed E-state index contributed by atoms with van der Waals surface area (Å²) >= 11 is 0.857. The van der Waals surface area contributed by atoms with Crippen molar-refractivity contribution in [1.29, 1.82) is 0 Å². The molecule has 0 bridgehead atoms. The Morgan fingerprint density at radius 3 is 2.50 bits per heavy atom. The summed E-state index contributed by atoms with van der Waals surface area (Å²) in [5, 5.41) is 4.90. The summed E-state index contributed by atoms with van der Waals surface area (Å²) in [4.78, 5) is 64.2. The highest BCUT2D eigenvalue weighted by Gasteiger charge is 2.52. The van der Waals surface area contributed by atoms with Gasteiger partial charge in [-0.15, -0.1) is 0 Å². The van der Waals surface area contributed by atoms with Crippen LogP contribution in [-0.4, -0.2) is 64.0 Å². The standard InChI is InChI=1S/C22H24N4O5S/c1-14-4-6-15(7-5-14)12-16-18(28)25(21(31)32-16)11-10-23-17(27)13-26-19(29)22(24-20(26)30)8-2-3-9-22/h4-7,12H,2-3,8-11,13H2,1H3,(H,23,27)(H,24,30)/b16-12-. The molecule has 32 heavy (non-hydrogen) atoms. The lowest BCUT2D eigenvalue weighted by atomic mass is 9.98. The van der Waals surface area contributed by atoms with Crippen molar-refractivity contribution in [3.05, 3.63) is 40.3 Å². The fourth-order valence-electron chi connectivity index (χ4n) is 4.15. The fraction of sp³-hybridized carbons (Fsp3) is 0.409. The van der Waals surface area contributed by atoms with Crippen LogP contribution in [0, 0.1) is 6.92 Å². The van der Waals surface area contributed by atoms with Crippen LogP contribution >= 0.6 is 11.8 Å². The molecule has 4 rings (SSSR count). The predicted octanol–water partition coefficient (Wildman–Crippen LogP) is 2.01. The van der Waals surface area contributed by atoms with E-state index in [0.29, 0.717) is 17.7 Å². The number of aryl methyl sites for hydroxylation is 1. The van der Waals surface area contributed by atoms with Crippen molar-refractivity contribution in [3.63, 3.8) is 0 Å². The van der Waals surface area contributed by atoms with Crippen molar-refractivity contribution in [2.24, 2.45) is 0 Å². The van der Waals surface area contributed by atoms with E-state index in [1.165, 1.54) is 0 Å². The number of benzene rings is 1. The molecule has 0 atom stereocenters. The highest BCUT2D eigenvalue weighted by Crippen LogP contribution is 2.35. The number of nitrogens with one attached hydrogen (secondary N) is 2. The second-order valence-corrected chi connectivity index (χ2v) is 9.20. The summed E-state index contributed by atoms with van der Waals surface area (Å²) in [7, 11) is 0. The lowest BCUT2D eigenvalue weighted by Gasteiger charge is -2.20. The third-order valence-corrected chi connectivity index (χ3v) is 6.82. The van der Waals surface area contributed by atoms with Crippen molar-refractivity contribution in [3.8, 4) is 0 Å². The molecule has 6 amide bonds. The maximum absolute atomic E-state index is 12.6. The molecular formula is C22H24N4O5S. The van der Waals surface area contributed by atoms with Gasteiger partial charge in [-0.2, -0.15) is 0 Å². The van der Waals surface area contributed by atoms with E-state index in [4.69, 9.17) is 0 Å². The molecule has 2 heterocycles. The molecule has 0 unspecified atom stereocenters. The van der Waals surface area contributed by atoms with Gasteiger partial charge < -0.3 is 10.6 Å². The van der Waals surface area contributed by atoms with E-state index in [9.17, 15) is 24.0 Å². The molecule has 2 N–H and O–H groups in total. The molecule has 9 nitrogen and oxygen atoms in total. The largest absolute Gasteiger partial charge is 0.353 e. The lowest BCUT2D eigenvalue weighted by Crippen LogP contribution is -2.46. The Kier molecular flexibility index (Phi) is 6.05. The minimum absolute atomic E-state index is 0.00568. The molecule has 3 fully saturated rings. The second-order valence-electron chi connectivity index (χ2n) is 8.20. The molecule has 0 radical (unpaired) electrons. The quantitative estimate of drug-likeness (QED) is 0.500. The van der Waals surface area contributed by atoms with Gasteiger partial charge in [0, 0.05) is 13.1 Å². The van der Waals surface area contributed by atoms with E-state index in [2.05, 4.69) is 10.6 Å². The van der Waals surface area contributed by atoms with Gasteiger partial charge in [0.05, 0.1) is 4.91 Å². The van der Waals surface area contributed by atoms with Gasteiger partial charge >= 0.3 is 6.03 Å². The monoisotopic (exact) mass is 456 g/mol. The first-order chi connectivity index (χ1) is 15.3. The van der Waals surface area contributed by atoms with Crippen molar-refractivity contribution < 1.29 is 24.0 Å². The van der Waals surface area contributed by atoms with E-state index in [-0.39, 0.29) is 25.5 Å². The number of hydrogen-bond donors (Lipinski definition) is 2. The number of rotatable bonds is 6. The van der Waals surface area contributed by atoms with Crippen LogP contribution in [0.4, 0.5) is 9.59 Å². The molecule has 0 aromatic heterocycles. The first-order valence-electron chi connectivity index (χ1n) is 10.5. The van der Waals surface area contributed by atoms with Gasteiger partial charge in [-0.05, 0) is 43.2 Å². The normalized spacial score (nSPS) is 21.2. The first kappa shape index (κ1) is 22.1. The minimum Gasteiger partial charge on any atom is -0.353 e. The molecule has 1 aliphatic carbocycles. The van der Waals surface area contributed by atoms with Crippen LogP contribution < -0.4 is 10.6 Å². The first-order valence-corrected chi connectivity index (χ1v) is 11.3. The number of hydrogen-bond acceptors (Lipinski definition) is 6. The van der Waals surface area contributed by atoms with Crippen LogP contribution in [0.1, 0.15) is 36.8 Å². The number of urea groups is 1. The Bertz CT molecular complexity index is 1010. The smallest absolute Gasteiger partial charge is 0.325 e. The van der Waals surface area contributed by atoms with Crippen LogP contribution in [-0.2, 0) is 14.4 Å². The summed E-state index contributed by atoms with van der Waals surface area (Å²) in [5.41, 5.74) is 1.06. The molecule has 2 aliphatic heterocycles. The molecule has 10 heteroatoms. The molecular weight excluding hydrogens is 432 g/mol.